The fourth-order valence-corrected chi connectivity index (χ4v) is 4.30. The van der Waals surface area contributed by atoms with Crippen molar-refractivity contribution >= 4 is 35.0 Å². The fourth-order valence-electron chi connectivity index (χ4n) is 4.13. The van der Waals surface area contributed by atoms with E-state index in [1.807, 2.05) is 20.8 Å². The van der Waals surface area contributed by atoms with Gasteiger partial charge < -0.3 is 15.1 Å². The Kier molecular flexibility index (Phi) is 5.71. The first-order chi connectivity index (χ1) is 15.0. The third-order valence-electron chi connectivity index (χ3n) is 5.73. The highest BCUT2D eigenvalue weighted by Crippen LogP contribution is 2.32. The zero-order valence-corrected chi connectivity index (χ0v) is 19.0. The van der Waals surface area contributed by atoms with Crippen LogP contribution in [-0.4, -0.2) is 53.2 Å². The second-order valence-corrected chi connectivity index (χ2v) is 9.90. The van der Waals surface area contributed by atoms with Crippen molar-refractivity contribution in [1.29, 1.82) is 0 Å². The standard InChI is InChI=1S/C24H25ClFN3O3/c1-24(2,3)12-21(30)28-8-9-29-20(13-28)22(31)27-19-7-4-14(10-17(19)23(29)32)16-11-15(25)5-6-18(16)26/h4-7,10-11,20H,8-9,12-13H2,1-3H3,(H,27,31). The van der Waals surface area contributed by atoms with Gasteiger partial charge in [0.2, 0.25) is 11.8 Å². The molecule has 2 aliphatic rings. The maximum atomic E-state index is 14.4. The molecule has 6 nitrogen and oxygen atoms in total. The van der Waals surface area contributed by atoms with Gasteiger partial charge in [-0.05, 0) is 41.3 Å². The summed E-state index contributed by atoms with van der Waals surface area (Å²) in [7, 11) is 0. The average Bonchev–Trinajstić information content (AvgIpc) is 2.83. The number of nitrogens with zero attached hydrogens (tertiary/aromatic N) is 2. The molecule has 0 spiro atoms. The lowest BCUT2D eigenvalue weighted by molar-refractivity contribution is -0.137. The molecule has 0 aromatic heterocycles. The number of hydrogen-bond acceptors (Lipinski definition) is 3. The molecular weight excluding hydrogens is 433 g/mol. The molecule has 1 N–H and O–H groups in total. The van der Waals surface area contributed by atoms with Gasteiger partial charge in [0.25, 0.3) is 5.91 Å². The smallest absolute Gasteiger partial charge is 0.256 e. The van der Waals surface area contributed by atoms with E-state index < -0.39 is 11.9 Å². The first-order valence-corrected chi connectivity index (χ1v) is 10.9. The molecule has 32 heavy (non-hydrogen) atoms. The Morgan fingerprint density at radius 2 is 1.88 bits per heavy atom. The van der Waals surface area contributed by atoms with Crippen LogP contribution in [0.5, 0.6) is 0 Å². The number of benzene rings is 2. The van der Waals surface area contributed by atoms with Crippen molar-refractivity contribution < 1.29 is 18.8 Å². The Morgan fingerprint density at radius 1 is 1.12 bits per heavy atom. The number of fused-ring (bicyclic) bond motifs is 2. The van der Waals surface area contributed by atoms with Crippen LogP contribution in [-0.2, 0) is 9.59 Å². The highest BCUT2D eigenvalue weighted by Gasteiger charge is 2.40. The quantitative estimate of drug-likeness (QED) is 0.735. The number of anilines is 1. The van der Waals surface area contributed by atoms with Crippen LogP contribution in [0, 0.1) is 11.2 Å². The van der Waals surface area contributed by atoms with Crippen molar-refractivity contribution in [2.45, 2.75) is 33.2 Å². The van der Waals surface area contributed by atoms with Crippen LogP contribution in [0.1, 0.15) is 37.6 Å². The molecule has 8 heteroatoms. The summed E-state index contributed by atoms with van der Waals surface area (Å²) in [5.74, 6) is -1.15. The zero-order valence-electron chi connectivity index (χ0n) is 18.2. The molecule has 0 bridgehead atoms. The second kappa shape index (κ2) is 8.20. The van der Waals surface area contributed by atoms with E-state index >= 15 is 0 Å². The van der Waals surface area contributed by atoms with Crippen LogP contribution in [0.15, 0.2) is 36.4 Å². The lowest BCUT2D eigenvalue weighted by atomic mass is 9.91. The Balaban J connectivity index is 1.63. The Hall–Kier alpha value is -2.93. The molecule has 2 aliphatic heterocycles. The highest BCUT2D eigenvalue weighted by atomic mass is 35.5. The predicted octanol–water partition coefficient (Wildman–Crippen LogP) is 4.19. The molecule has 0 radical (unpaired) electrons. The molecule has 1 atom stereocenters. The van der Waals surface area contributed by atoms with Crippen molar-refractivity contribution in [3.05, 3.63) is 52.8 Å². The monoisotopic (exact) mass is 457 g/mol. The van der Waals surface area contributed by atoms with Crippen LogP contribution in [0.25, 0.3) is 11.1 Å². The molecule has 4 rings (SSSR count). The molecule has 0 aliphatic carbocycles. The van der Waals surface area contributed by atoms with Crippen molar-refractivity contribution in [3.63, 3.8) is 0 Å². The summed E-state index contributed by atoms with van der Waals surface area (Å²) < 4.78 is 14.4. The van der Waals surface area contributed by atoms with Crippen LogP contribution in [0.2, 0.25) is 5.02 Å². The summed E-state index contributed by atoms with van der Waals surface area (Å²) in [5, 5.41) is 3.19. The maximum absolute atomic E-state index is 14.4. The van der Waals surface area contributed by atoms with Gasteiger partial charge in [0.1, 0.15) is 11.9 Å². The molecule has 2 aromatic rings. The highest BCUT2D eigenvalue weighted by molar-refractivity contribution is 6.30. The first-order valence-electron chi connectivity index (χ1n) is 10.5. The average molecular weight is 458 g/mol. The normalized spacial score (nSPS) is 18.6. The van der Waals surface area contributed by atoms with E-state index in [4.69, 9.17) is 11.6 Å². The Bertz CT molecular complexity index is 1110. The van der Waals surface area contributed by atoms with Crippen molar-refractivity contribution in [3.8, 4) is 11.1 Å². The number of hydrogen-bond donors (Lipinski definition) is 1. The van der Waals surface area contributed by atoms with E-state index in [2.05, 4.69) is 5.32 Å². The molecule has 2 heterocycles. The van der Waals surface area contributed by atoms with Crippen LogP contribution >= 0.6 is 11.6 Å². The van der Waals surface area contributed by atoms with Crippen molar-refractivity contribution in [2.75, 3.05) is 25.0 Å². The predicted molar refractivity (Wildman–Crippen MR) is 121 cm³/mol. The summed E-state index contributed by atoms with van der Waals surface area (Å²) in [6.07, 6.45) is 0.365. The van der Waals surface area contributed by atoms with Crippen molar-refractivity contribution in [2.24, 2.45) is 5.41 Å². The number of piperazine rings is 1. The van der Waals surface area contributed by atoms with E-state index in [0.29, 0.717) is 29.2 Å². The summed E-state index contributed by atoms with van der Waals surface area (Å²) in [6, 6.07) is 8.27. The summed E-state index contributed by atoms with van der Waals surface area (Å²) >= 11 is 6.02. The number of carbonyl (C=O) groups is 3. The number of nitrogens with one attached hydrogen (secondary N) is 1. The number of halogens is 2. The van der Waals surface area contributed by atoms with E-state index in [1.165, 1.54) is 23.1 Å². The van der Waals surface area contributed by atoms with Gasteiger partial charge in [-0.2, -0.15) is 0 Å². The minimum atomic E-state index is -0.779. The van der Waals surface area contributed by atoms with Crippen LogP contribution < -0.4 is 5.32 Å². The Morgan fingerprint density at radius 3 is 2.59 bits per heavy atom. The number of rotatable bonds is 2. The van der Waals surface area contributed by atoms with Crippen molar-refractivity contribution in [1.82, 2.24) is 9.80 Å². The van der Waals surface area contributed by atoms with Gasteiger partial charge in [-0.15, -0.1) is 0 Å². The van der Waals surface area contributed by atoms with Gasteiger partial charge in [0.05, 0.1) is 17.8 Å². The van der Waals surface area contributed by atoms with Gasteiger partial charge in [-0.1, -0.05) is 38.4 Å². The molecule has 3 amide bonds. The number of amides is 3. The molecule has 0 saturated carbocycles. The SMILES string of the molecule is CC(C)(C)CC(=O)N1CCN2C(=O)c3cc(-c4cc(Cl)ccc4F)ccc3NC(=O)C2C1. The van der Waals surface area contributed by atoms with Gasteiger partial charge in [-0.25, -0.2) is 4.39 Å². The first kappa shape index (κ1) is 22.3. The van der Waals surface area contributed by atoms with Gasteiger partial charge in [0, 0.05) is 30.1 Å². The van der Waals surface area contributed by atoms with Crippen LogP contribution in [0.3, 0.4) is 0 Å². The largest absolute Gasteiger partial charge is 0.338 e. The summed E-state index contributed by atoms with van der Waals surface area (Å²) in [5.41, 5.74) is 1.25. The molecule has 2 aromatic carbocycles. The van der Waals surface area contributed by atoms with Gasteiger partial charge >= 0.3 is 0 Å². The molecule has 168 valence electrons. The van der Waals surface area contributed by atoms with E-state index in [1.54, 1.807) is 23.1 Å². The van der Waals surface area contributed by atoms with Gasteiger partial charge in [-0.3, -0.25) is 14.4 Å². The van der Waals surface area contributed by atoms with E-state index in [-0.39, 0.29) is 47.4 Å². The molecule has 1 unspecified atom stereocenters. The lowest BCUT2D eigenvalue weighted by Gasteiger charge is -2.40. The third-order valence-corrected chi connectivity index (χ3v) is 5.96. The van der Waals surface area contributed by atoms with E-state index in [9.17, 15) is 18.8 Å². The number of carbonyl (C=O) groups excluding carboxylic acids is 3. The minimum absolute atomic E-state index is 0.0297. The molecule has 1 fully saturated rings. The van der Waals surface area contributed by atoms with Crippen LogP contribution in [0.4, 0.5) is 10.1 Å². The zero-order chi connectivity index (χ0) is 23.2. The summed E-state index contributed by atoms with van der Waals surface area (Å²) in [4.78, 5) is 42.2. The molecule has 1 saturated heterocycles. The lowest BCUT2D eigenvalue weighted by Crippen LogP contribution is -2.59. The van der Waals surface area contributed by atoms with Gasteiger partial charge in [0.15, 0.2) is 0 Å². The summed E-state index contributed by atoms with van der Waals surface area (Å²) in [6.45, 7) is 6.72. The third kappa shape index (κ3) is 4.35. The fraction of sp³-hybridized carbons (Fsp3) is 0.375. The second-order valence-electron chi connectivity index (χ2n) is 9.47. The Labute approximate surface area is 191 Å². The molecular formula is C24H25ClFN3O3. The minimum Gasteiger partial charge on any atom is -0.338 e. The topological polar surface area (TPSA) is 69.7 Å². The van der Waals surface area contributed by atoms with E-state index in [0.717, 1.165) is 0 Å². The maximum Gasteiger partial charge on any atom is 0.256 e.